The molecule has 0 atom stereocenters. The Morgan fingerprint density at radius 1 is 1.14 bits per heavy atom. The molecule has 0 spiro atoms. The summed E-state index contributed by atoms with van der Waals surface area (Å²) in [6.45, 7) is 5.25. The molecular weight excluding hydrogens is 555 g/mol. The van der Waals surface area contributed by atoms with Gasteiger partial charge in [-0.15, -0.1) is 6.58 Å². The van der Waals surface area contributed by atoms with E-state index in [1.54, 1.807) is 24.3 Å². The highest BCUT2D eigenvalue weighted by atomic mass is 35.5. The highest BCUT2D eigenvalue weighted by Gasteiger charge is 2.21. The lowest BCUT2D eigenvalue weighted by Gasteiger charge is -2.07. The Hall–Kier alpha value is -2.88. The summed E-state index contributed by atoms with van der Waals surface area (Å²) in [6.07, 6.45) is 2.92. The van der Waals surface area contributed by atoms with Crippen molar-refractivity contribution in [2.45, 2.75) is 19.2 Å². The summed E-state index contributed by atoms with van der Waals surface area (Å²) in [5.41, 5.74) is 9.77. The van der Waals surface area contributed by atoms with Crippen molar-refractivity contribution in [3.8, 4) is 22.6 Å². The summed E-state index contributed by atoms with van der Waals surface area (Å²) < 4.78 is 42.1. The minimum Gasteiger partial charge on any atom is -0.443 e. The molecule has 10 nitrogen and oxygen atoms in total. The molecule has 1 aromatic heterocycles. The molecule has 0 bridgehead atoms. The monoisotopic (exact) mass is 582 g/mol. The van der Waals surface area contributed by atoms with Crippen LogP contribution < -0.4 is 16.6 Å². The minimum absolute atomic E-state index is 0. The van der Waals surface area contributed by atoms with E-state index in [1.165, 1.54) is 30.7 Å². The van der Waals surface area contributed by atoms with Crippen LogP contribution in [0, 0.1) is 5.82 Å². The second-order valence-corrected chi connectivity index (χ2v) is 8.60. The molecule has 0 aliphatic carbocycles. The van der Waals surface area contributed by atoms with Crippen molar-refractivity contribution in [1.29, 1.82) is 0 Å². The Morgan fingerprint density at radius 3 is 2.06 bits per heavy atom. The third-order valence-electron chi connectivity index (χ3n) is 3.20. The largest absolute Gasteiger partial charge is 0.443 e. The Kier molecular flexibility index (Phi) is 19.2. The molecule has 0 saturated carbocycles. The van der Waals surface area contributed by atoms with Gasteiger partial charge in [-0.3, -0.25) is 9.59 Å². The maximum absolute atomic E-state index is 13.3. The van der Waals surface area contributed by atoms with Crippen LogP contribution in [0.5, 0.6) is 0 Å². The zero-order valence-electron chi connectivity index (χ0n) is 18.2. The molecule has 1 heterocycles. The average Bonchev–Trinajstić information content (AvgIpc) is 3.19. The van der Waals surface area contributed by atoms with Crippen molar-refractivity contribution in [2.24, 2.45) is 16.6 Å². The van der Waals surface area contributed by atoms with Crippen molar-refractivity contribution in [2.75, 3.05) is 0 Å². The first kappa shape index (κ1) is 37.7. The summed E-state index contributed by atoms with van der Waals surface area (Å²) in [5, 5.41) is 3.89. The topological polar surface area (TPSA) is 204 Å². The van der Waals surface area contributed by atoms with Gasteiger partial charge < -0.3 is 21.4 Å². The number of oxazole rings is 1. The normalized spacial score (nSPS) is 9.17. The Balaban J connectivity index is -0.000000716. The van der Waals surface area contributed by atoms with Crippen LogP contribution in [0.4, 0.5) is 14.0 Å². The average molecular weight is 583 g/mol. The van der Waals surface area contributed by atoms with E-state index >= 15 is 0 Å². The standard InChI is InChI=1S/C15H10ClFN2O3S.C3H6.2CH3NOS.CH4.H2O/c16-11-7-9(5-6-12(11)17)14-15(22-8-19-14)10-3-1-2-4-13(10)23(18,20)21;1-3-2;2*2-1(3)4;;/h1-8H,(H2,18,20,21);3H,1H2,2H3;2*(H3,2,3,4);1H4;1H2. The zero-order chi connectivity index (χ0) is 26.5. The molecule has 0 aliphatic rings. The second kappa shape index (κ2) is 18.4. The molecule has 200 valence electrons. The second-order valence-electron chi connectivity index (χ2n) is 5.78. The van der Waals surface area contributed by atoms with Crippen LogP contribution in [0.1, 0.15) is 14.4 Å². The highest BCUT2D eigenvalue weighted by Crippen LogP contribution is 2.35. The molecule has 3 aromatic rings. The molecule has 0 aliphatic heterocycles. The van der Waals surface area contributed by atoms with E-state index in [4.69, 9.17) is 30.7 Å². The first-order valence-electron chi connectivity index (χ1n) is 8.81. The van der Waals surface area contributed by atoms with E-state index in [0.717, 1.165) is 0 Å². The van der Waals surface area contributed by atoms with Crippen LogP contribution in [0.25, 0.3) is 22.6 Å². The van der Waals surface area contributed by atoms with E-state index < -0.39 is 26.3 Å². The van der Waals surface area contributed by atoms with Crippen molar-refractivity contribution >= 4 is 57.4 Å². The number of amides is 2. The van der Waals surface area contributed by atoms with Crippen LogP contribution in [0.3, 0.4) is 0 Å². The Bertz CT molecular complexity index is 1220. The Labute approximate surface area is 224 Å². The number of thiol groups is 2. The van der Waals surface area contributed by atoms with Gasteiger partial charge in [-0.25, -0.2) is 22.9 Å². The van der Waals surface area contributed by atoms with Crippen molar-refractivity contribution in [1.82, 2.24) is 4.98 Å². The van der Waals surface area contributed by atoms with Gasteiger partial charge >= 0.3 is 0 Å². The van der Waals surface area contributed by atoms with Gasteiger partial charge in [-0.2, -0.15) is 0 Å². The lowest BCUT2D eigenvalue weighted by molar-refractivity contribution is 0.266. The van der Waals surface area contributed by atoms with Gasteiger partial charge in [-0.05, 0) is 37.3 Å². The van der Waals surface area contributed by atoms with Gasteiger partial charge in [0.05, 0.1) is 9.92 Å². The predicted octanol–water partition coefficient (Wildman–Crippen LogP) is 4.44. The van der Waals surface area contributed by atoms with Gasteiger partial charge in [0.25, 0.3) is 10.5 Å². The van der Waals surface area contributed by atoms with Gasteiger partial charge in [0.15, 0.2) is 12.2 Å². The summed E-state index contributed by atoms with van der Waals surface area (Å²) >= 11 is 12.0. The smallest absolute Gasteiger partial charge is 0.273 e. The third-order valence-corrected chi connectivity index (χ3v) is 4.46. The number of carbonyl (C=O) groups is 2. The minimum atomic E-state index is -3.95. The summed E-state index contributed by atoms with van der Waals surface area (Å²) in [7, 11) is -3.95. The van der Waals surface area contributed by atoms with Crippen LogP contribution >= 0.6 is 36.9 Å². The van der Waals surface area contributed by atoms with Crippen molar-refractivity contribution < 1.29 is 32.3 Å². The molecule has 3 rings (SSSR count). The molecular formula is C21H28ClFN4O6S3. The molecule has 0 fully saturated rings. The van der Waals surface area contributed by atoms with Gasteiger partial charge in [0, 0.05) is 11.1 Å². The summed E-state index contributed by atoms with van der Waals surface area (Å²) in [4.78, 5) is 22.2. The van der Waals surface area contributed by atoms with E-state index in [9.17, 15) is 12.8 Å². The van der Waals surface area contributed by atoms with Crippen LogP contribution in [0.15, 0.2) is 70.8 Å². The number of nitrogens with zero attached hydrogens (tertiary/aromatic N) is 1. The van der Waals surface area contributed by atoms with E-state index in [1.807, 2.05) is 6.92 Å². The predicted molar refractivity (Wildman–Crippen MR) is 147 cm³/mol. The highest BCUT2D eigenvalue weighted by molar-refractivity contribution is 7.96. The zero-order valence-corrected chi connectivity index (χ0v) is 21.5. The van der Waals surface area contributed by atoms with Crippen molar-refractivity contribution in [3.63, 3.8) is 0 Å². The first-order valence-corrected chi connectivity index (χ1v) is 11.6. The number of rotatable bonds is 3. The number of primary sulfonamides is 1. The van der Waals surface area contributed by atoms with E-state index in [-0.39, 0.29) is 34.1 Å². The number of benzene rings is 2. The fraction of sp³-hybridized carbons (Fsp3) is 0.0952. The molecule has 8 N–H and O–H groups in total. The van der Waals surface area contributed by atoms with Gasteiger partial charge in [0.2, 0.25) is 10.0 Å². The fourth-order valence-corrected chi connectivity index (χ4v) is 3.10. The summed E-state index contributed by atoms with van der Waals surface area (Å²) in [6, 6.07) is 10.2. The molecule has 0 unspecified atom stereocenters. The van der Waals surface area contributed by atoms with Gasteiger partial charge in [-0.1, -0.05) is 62.5 Å². The molecule has 2 amide bonds. The SMILES string of the molecule is C.C=CC.NC(=O)S.NC(=O)S.NS(=O)(=O)c1ccccc1-c1ocnc1-c1ccc(F)c(Cl)c1.O. The van der Waals surface area contributed by atoms with Crippen molar-refractivity contribution in [3.05, 3.63) is 72.4 Å². The number of primary amides is 2. The maximum Gasteiger partial charge on any atom is 0.273 e. The number of aromatic nitrogens is 1. The van der Waals surface area contributed by atoms with Crippen LogP contribution in [-0.2, 0) is 10.0 Å². The van der Waals surface area contributed by atoms with E-state index in [2.05, 4.69) is 48.3 Å². The molecule has 0 saturated heterocycles. The lowest BCUT2D eigenvalue weighted by Crippen LogP contribution is -2.13. The molecule has 15 heteroatoms. The number of hydrogen-bond acceptors (Lipinski definition) is 6. The Morgan fingerprint density at radius 2 is 1.61 bits per heavy atom. The first-order chi connectivity index (χ1) is 15.8. The summed E-state index contributed by atoms with van der Waals surface area (Å²) in [5.74, 6) is -0.359. The number of carbonyl (C=O) groups excluding carboxylic acids is 2. The van der Waals surface area contributed by atoms with Crippen LogP contribution in [-0.4, -0.2) is 29.4 Å². The van der Waals surface area contributed by atoms with Gasteiger partial charge in [0.1, 0.15) is 11.5 Å². The third kappa shape index (κ3) is 13.9. The maximum atomic E-state index is 13.3. The van der Waals surface area contributed by atoms with E-state index in [0.29, 0.717) is 11.3 Å². The lowest BCUT2D eigenvalue weighted by atomic mass is 10.1. The quantitative estimate of drug-likeness (QED) is 0.223. The molecule has 0 radical (unpaired) electrons. The number of allylic oxidation sites excluding steroid dienone is 1. The number of halogens is 2. The number of sulfonamides is 1. The molecule has 36 heavy (non-hydrogen) atoms. The number of hydrogen-bond donors (Lipinski definition) is 5. The number of nitrogens with two attached hydrogens (primary N) is 3. The molecule has 2 aromatic carbocycles. The fourth-order valence-electron chi connectivity index (χ4n) is 2.19. The van der Waals surface area contributed by atoms with Crippen LogP contribution in [0.2, 0.25) is 5.02 Å².